The largest absolute Gasteiger partial charge is 0.326 e. The van der Waals surface area contributed by atoms with Gasteiger partial charge in [0.05, 0.1) is 4.90 Å². The van der Waals surface area contributed by atoms with Crippen molar-refractivity contribution in [2.75, 3.05) is 19.3 Å². The first-order valence-electron chi connectivity index (χ1n) is 5.44. The molecule has 1 saturated heterocycles. The molecule has 0 amide bonds. The van der Waals surface area contributed by atoms with Crippen molar-refractivity contribution in [1.82, 2.24) is 4.31 Å². The van der Waals surface area contributed by atoms with Crippen LogP contribution in [0, 0.1) is 0 Å². The van der Waals surface area contributed by atoms with E-state index in [0.29, 0.717) is 18.0 Å². The van der Waals surface area contributed by atoms with Crippen LogP contribution in [-0.4, -0.2) is 38.1 Å². The summed E-state index contributed by atoms with van der Waals surface area (Å²) in [6.45, 7) is 0.943. The lowest BCUT2D eigenvalue weighted by Gasteiger charge is -2.16. The Balaban J connectivity index is 0.00000162. The van der Waals surface area contributed by atoms with Crippen molar-refractivity contribution in [3.05, 3.63) is 24.3 Å². The second-order valence-corrected chi connectivity index (χ2v) is 6.91. The van der Waals surface area contributed by atoms with Gasteiger partial charge < -0.3 is 5.73 Å². The monoisotopic (exact) mass is 308 g/mol. The van der Waals surface area contributed by atoms with Gasteiger partial charge in [0, 0.05) is 24.0 Å². The van der Waals surface area contributed by atoms with Gasteiger partial charge in [0.2, 0.25) is 10.0 Å². The van der Waals surface area contributed by atoms with Crippen LogP contribution in [-0.2, 0) is 10.0 Å². The van der Waals surface area contributed by atoms with Crippen LogP contribution < -0.4 is 5.73 Å². The molecular weight excluding hydrogens is 292 g/mol. The molecule has 0 unspecified atom stereocenters. The molecule has 2 N–H and O–H groups in total. The maximum atomic E-state index is 12.3. The number of hydrogen-bond donors (Lipinski definition) is 1. The van der Waals surface area contributed by atoms with Crippen molar-refractivity contribution < 1.29 is 8.42 Å². The van der Waals surface area contributed by atoms with Gasteiger partial charge in [-0.2, -0.15) is 4.31 Å². The van der Waals surface area contributed by atoms with E-state index in [1.54, 1.807) is 18.2 Å². The molecule has 1 aromatic rings. The Morgan fingerprint density at radius 1 is 1.44 bits per heavy atom. The van der Waals surface area contributed by atoms with Crippen molar-refractivity contribution in [2.45, 2.75) is 22.3 Å². The number of benzene rings is 1. The first-order valence-corrected chi connectivity index (χ1v) is 8.10. The van der Waals surface area contributed by atoms with Crippen molar-refractivity contribution in [2.24, 2.45) is 5.73 Å². The number of sulfonamides is 1. The highest BCUT2D eigenvalue weighted by molar-refractivity contribution is 7.98. The summed E-state index contributed by atoms with van der Waals surface area (Å²) in [5.74, 6) is 0. The lowest BCUT2D eigenvalue weighted by molar-refractivity contribution is 0.472. The van der Waals surface area contributed by atoms with Crippen LogP contribution in [0.15, 0.2) is 34.1 Å². The smallest absolute Gasteiger partial charge is 0.243 e. The van der Waals surface area contributed by atoms with Crippen molar-refractivity contribution in [3.8, 4) is 0 Å². The maximum absolute atomic E-state index is 12.3. The maximum Gasteiger partial charge on any atom is 0.243 e. The van der Waals surface area contributed by atoms with E-state index >= 15 is 0 Å². The number of nitrogens with two attached hydrogens (primary N) is 1. The highest BCUT2D eigenvalue weighted by atomic mass is 35.5. The Morgan fingerprint density at radius 3 is 2.72 bits per heavy atom. The van der Waals surface area contributed by atoms with Crippen LogP contribution in [0.3, 0.4) is 0 Å². The zero-order valence-corrected chi connectivity index (χ0v) is 12.5. The Kier molecular flexibility index (Phi) is 5.48. The molecule has 0 aromatic heterocycles. The summed E-state index contributed by atoms with van der Waals surface area (Å²) in [6, 6.07) is 6.99. The third-order valence-corrected chi connectivity index (χ3v) is 5.45. The van der Waals surface area contributed by atoms with Crippen LogP contribution in [0.1, 0.15) is 6.42 Å². The summed E-state index contributed by atoms with van der Waals surface area (Å²) in [5, 5.41) is 0. The molecule has 1 aliphatic rings. The SMILES string of the molecule is CSc1cccc(S(=O)(=O)N2CC[C@H](N)C2)c1.Cl. The summed E-state index contributed by atoms with van der Waals surface area (Å²) in [4.78, 5) is 1.31. The molecule has 4 nitrogen and oxygen atoms in total. The van der Waals surface area contributed by atoms with E-state index in [0.717, 1.165) is 11.3 Å². The summed E-state index contributed by atoms with van der Waals surface area (Å²) in [5.41, 5.74) is 5.75. The van der Waals surface area contributed by atoms with E-state index in [4.69, 9.17) is 5.73 Å². The van der Waals surface area contributed by atoms with E-state index in [1.807, 2.05) is 12.3 Å². The summed E-state index contributed by atoms with van der Waals surface area (Å²) in [7, 11) is -3.36. The molecule has 0 aliphatic carbocycles. The van der Waals surface area contributed by atoms with Gasteiger partial charge in [0.15, 0.2) is 0 Å². The van der Waals surface area contributed by atoms with Gasteiger partial charge in [0.1, 0.15) is 0 Å². The van der Waals surface area contributed by atoms with Gasteiger partial charge in [-0.05, 0) is 30.9 Å². The fraction of sp³-hybridized carbons (Fsp3) is 0.455. The Hall–Kier alpha value is -0.270. The number of hydrogen-bond acceptors (Lipinski definition) is 4. The molecule has 0 spiro atoms. The zero-order valence-electron chi connectivity index (χ0n) is 10.1. The van der Waals surface area contributed by atoms with E-state index in [-0.39, 0.29) is 18.4 Å². The average molecular weight is 309 g/mol. The normalized spacial score (nSPS) is 20.7. The molecule has 0 saturated carbocycles. The number of nitrogens with zero attached hydrogens (tertiary/aromatic N) is 1. The quantitative estimate of drug-likeness (QED) is 0.861. The predicted molar refractivity (Wildman–Crippen MR) is 76.8 cm³/mol. The van der Waals surface area contributed by atoms with Gasteiger partial charge >= 0.3 is 0 Å². The lowest BCUT2D eigenvalue weighted by Crippen LogP contribution is -2.31. The van der Waals surface area contributed by atoms with Gasteiger partial charge in [-0.3, -0.25) is 0 Å². The van der Waals surface area contributed by atoms with E-state index < -0.39 is 10.0 Å². The van der Waals surface area contributed by atoms with E-state index in [9.17, 15) is 8.42 Å². The van der Waals surface area contributed by atoms with Gasteiger partial charge in [0.25, 0.3) is 0 Å². The minimum absolute atomic E-state index is 0. The van der Waals surface area contributed by atoms with Gasteiger partial charge in [-0.1, -0.05) is 6.07 Å². The Labute approximate surface area is 118 Å². The third-order valence-electron chi connectivity index (χ3n) is 2.87. The molecular formula is C11H17ClN2O2S2. The molecule has 0 bridgehead atoms. The lowest BCUT2D eigenvalue weighted by atomic mass is 10.3. The predicted octanol–water partition coefficient (Wildman–Crippen LogP) is 1.55. The van der Waals surface area contributed by atoms with Crippen LogP contribution in [0.25, 0.3) is 0 Å². The molecule has 1 fully saturated rings. The Bertz CT molecular complexity index is 508. The van der Waals surface area contributed by atoms with Crippen LogP contribution in [0.5, 0.6) is 0 Å². The fourth-order valence-electron chi connectivity index (χ4n) is 1.88. The summed E-state index contributed by atoms with van der Waals surface area (Å²) in [6.07, 6.45) is 2.67. The number of rotatable bonds is 3. The first kappa shape index (κ1) is 15.8. The molecule has 2 rings (SSSR count). The van der Waals surface area contributed by atoms with Crippen molar-refractivity contribution >= 4 is 34.2 Å². The molecule has 1 aromatic carbocycles. The fourth-order valence-corrected chi connectivity index (χ4v) is 3.98. The van der Waals surface area contributed by atoms with Gasteiger partial charge in [-0.15, -0.1) is 24.2 Å². The molecule has 7 heteroatoms. The highest BCUT2D eigenvalue weighted by Crippen LogP contribution is 2.24. The topological polar surface area (TPSA) is 63.4 Å². The first-order chi connectivity index (χ1) is 8.04. The van der Waals surface area contributed by atoms with Crippen LogP contribution >= 0.6 is 24.2 Å². The van der Waals surface area contributed by atoms with Crippen molar-refractivity contribution in [1.29, 1.82) is 0 Å². The van der Waals surface area contributed by atoms with E-state index in [1.165, 1.54) is 16.1 Å². The molecule has 1 atom stereocenters. The highest BCUT2D eigenvalue weighted by Gasteiger charge is 2.30. The molecule has 1 aliphatic heterocycles. The van der Waals surface area contributed by atoms with Crippen LogP contribution in [0.4, 0.5) is 0 Å². The number of halogens is 1. The summed E-state index contributed by atoms with van der Waals surface area (Å²) < 4.78 is 26.1. The van der Waals surface area contributed by atoms with E-state index in [2.05, 4.69) is 0 Å². The van der Waals surface area contributed by atoms with Crippen LogP contribution in [0.2, 0.25) is 0 Å². The van der Waals surface area contributed by atoms with Gasteiger partial charge in [-0.25, -0.2) is 8.42 Å². The van der Waals surface area contributed by atoms with Crippen molar-refractivity contribution in [3.63, 3.8) is 0 Å². The molecule has 1 heterocycles. The minimum atomic E-state index is -3.36. The third kappa shape index (κ3) is 3.19. The number of thioether (sulfide) groups is 1. The zero-order chi connectivity index (χ0) is 12.5. The molecule has 18 heavy (non-hydrogen) atoms. The standard InChI is InChI=1S/C11H16N2O2S2.ClH/c1-16-10-3-2-4-11(7-10)17(14,15)13-6-5-9(12)8-13;/h2-4,7,9H,5-6,8,12H2,1H3;1H/t9-;/m0./s1. The second kappa shape index (κ2) is 6.25. The summed E-state index contributed by atoms with van der Waals surface area (Å²) >= 11 is 1.53. The molecule has 0 radical (unpaired) electrons. The molecule has 102 valence electrons. The minimum Gasteiger partial charge on any atom is -0.326 e. The second-order valence-electron chi connectivity index (χ2n) is 4.09. The Morgan fingerprint density at radius 2 is 2.17 bits per heavy atom. The average Bonchev–Trinajstić information content (AvgIpc) is 2.76.